The number of nitrogens with one attached hydrogen (secondary N) is 1. The molecule has 2 heterocycles. The van der Waals surface area contributed by atoms with Crippen LogP contribution in [0.15, 0.2) is 15.7 Å². The van der Waals surface area contributed by atoms with Gasteiger partial charge in [-0.1, -0.05) is 5.16 Å². The Morgan fingerprint density at radius 2 is 1.95 bits per heavy atom. The zero-order valence-corrected chi connectivity index (χ0v) is 13.5. The van der Waals surface area contributed by atoms with Gasteiger partial charge in [0, 0.05) is 6.04 Å². The van der Waals surface area contributed by atoms with Crippen LogP contribution in [0.5, 0.6) is 0 Å². The average molecular weight is 313 g/mol. The van der Waals surface area contributed by atoms with Crippen molar-refractivity contribution in [3.63, 3.8) is 0 Å². The van der Waals surface area contributed by atoms with Gasteiger partial charge in [0.2, 0.25) is 10.0 Å². The third kappa shape index (κ3) is 2.98. The molecule has 9 heteroatoms. The molecule has 1 N–H and O–H groups in total. The SMILES string of the molecule is Cc1noc(C)c1S(=O)(=O)NC(C)c1nncn1C(C)C. The zero-order chi connectivity index (χ0) is 15.8. The number of rotatable bonds is 5. The van der Waals surface area contributed by atoms with E-state index in [1.165, 1.54) is 0 Å². The van der Waals surface area contributed by atoms with E-state index in [-0.39, 0.29) is 16.7 Å². The quantitative estimate of drug-likeness (QED) is 0.897. The van der Waals surface area contributed by atoms with Gasteiger partial charge in [0.15, 0.2) is 11.6 Å². The Balaban J connectivity index is 2.31. The lowest BCUT2D eigenvalue weighted by molar-refractivity contribution is 0.390. The van der Waals surface area contributed by atoms with Gasteiger partial charge in [-0.05, 0) is 34.6 Å². The monoisotopic (exact) mass is 313 g/mol. The number of sulfonamides is 1. The number of hydrogen-bond donors (Lipinski definition) is 1. The molecule has 0 aliphatic carbocycles. The number of aromatic nitrogens is 4. The smallest absolute Gasteiger partial charge is 0.246 e. The van der Waals surface area contributed by atoms with Crippen molar-refractivity contribution in [2.45, 2.75) is 51.6 Å². The zero-order valence-electron chi connectivity index (χ0n) is 12.7. The highest BCUT2D eigenvalue weighted by atomic mass is 32.2. The standard InChI is InChI=1S/C12H19N5O3S/c1-7(2)17-6-13-14-12(17)9(4)16-21(18,19)11-8(3)15-20-10(11)5/h6-7,9,16H,1-5H3. The molecule has 1 unspecified atom stereocenters. The molecule has 2 rings (SSSR count). The molecule has 0 fully saturated rings. The Hall–Kier alpha value is -1.74. The third-order valence-electron chi connectivity index (χ3n) is 3.11. The van der Waals surface area contributed by atoms with Gasteiger partial charge in [0.25, 0.3) is 0 Å². The van der Waals surface area contributed by atoms with Crippen molar-refractivity contribution in [2.24, 2.45) is 0 Å². The van der Waals surface area contributed by atoms with Gasteiger partial charge in [-0.25, -0.2) is 13.1 Å². The first-order valence-electron chi connectivity index (χ1n) is 6.58. The van der Waals surface area contributed by atoms with Crippen LogP contribution in [-0.2, 0) is 10.0 Å². The highest BCUT2D eigenvalue weighted by Gasteiger charge is 2.28. The van der Waals surface area contributed by atoms with E-state index in [4.69, 9.17) is 4.52 Å². The van der Waals surface area contributed by atoms with Gasteiger partial charge in [0.1, 0.15) is 16.9 Å². The summed E-state index contributed by atoms with van der Waals surface area (Å²) in [6.07, 6.45) is 1.58. The fourth-order valence-corrected chi connectivity index (χ4v) is 3.69. The third-order valence-corrected chi connectivity index (χ3v) is 4.90. The van der Waals surface area contributed by atoms with Gasteiger partial charge in [-0.2, -0.15) is 0 Å². The fourth-order valence-electron chi connectivity index (χ4n) is 2.16. The van der Waals surface area contributed by atoms with E-state index in [2.05, 4.69) is 20.1 Å². The Morgan fingerprint density at radius 3 is 2.48 bits per heavy atom. The molecule has 0 aromatic carbocycles. The van der Waals surface area contributed by atoms with Crippen molar-refractivity contribution in [3.8, 4) is 0 Å². The van der Waals surface area contributed by atoms with Crippen molar-refractivity contribution in [3.05, 3.63) is 23.6 Å². The normalized spacial score (nSPS) is 13.8. The maximum absolute atomic E-state index is 12.5. The minimum Gasteiger partial charge on any atom is -0.360 e. The first-order valence-corrected chi connectivity index (χ1v) is 8.07. The summed E-state index contributed by atoms with van der Waals surface area (Å²) in [4.78, 5) is 0.0740. The summed E-state index contributed by atoms with van der Waals surface area (Å²) in [6.45, 7) is 8.82. The van der Waals surface area contributed by atoms with Crippen LogP contribution in [0.4, 0.5) is 0 Å². The molecule has 0 saturated carbocycles. The Bertz CT molecular complexity index is 712. The predicted molar refractivity (Wildman–Crippen MR) is 75.1 cm³/mol. The molecule has 0 amide bonds. The fraction of sp³-hybridized carbons (Fsp3) is 0.583. The number of hydrogen-bond acceptors (Lipinski definition) is 6. The van der Waals surface area contributed by atoms with Crippen LogP contribution in [0, 0.1) is 13.8 Å². The van der Waals surface area contributed by atoms with Crippen molar-refractivity contribution in [2.75, 3.05) is 0 Å². The Labute approximate surface area is 123 Å². The van der Waals surface area contributed by atoms with Crippen molar-refractivity contribution >= 4 is 10.0 Å². The molecule has 2 aromatic heterocycles. The van der Waals surface area contributed by atoms with Crippen LogP contribution >= 0.6 is 0 Å². The summed E-state index contributed by atoms with van der Waals surface area (Å²) in [5, 5.41) is 11.5. The van der Waals surface area contributed by atoms with E-state index >= 15 is 0 Å². The van der Waals surface area contributed by atoms with E-state index in [1.807, 2.05) is 18.4 Å². The van der Waals surface area contributed by atoms with Gasteiger partial charge in [-0.15, -0.1) is 10.2 Å². The number of nitrogens with zero attached hydrogens (tertiary/aromatic N) is 4. The lowest BCUT2D eigenvalue weighted by Gasteiger charge is -2.16. The van der Waals surface area contributed by atoms with Gasteiger partial charge in [-0.3, -0.25) is 0 Å². The van der Waals surface area contributed by atoms with E-state index in [9.17, 15) is 8.42 Å². The topological polar surface area (TPSA) is 103 Å². The molecule has 1 atom stereocenters. The second kappa shape index (κ2) is 5.57. The second-order valence-electron chi connectivity index (χ2n) is 5.19. The maximum atomic E-state index is 12.5. The van der Waals surface area contributed by atoms with Crippen LogP contribution in [0.3, 0.4) is 0 Å². The average Bonchev–Trinajstić information content (AvgIpc) is 2.95. The first kappa shape index (κ1) is 15.6. The molecule has 0 bridgehead atoms. The summed E-state index contributed by atoms with van der Waals surface area (Å²) in [7, 11) is -3.73. The van der Waals surface area contributed by atoms with Crippen LogP contribution in [-0.4, -0.2) is 28.3 Å². The van der Waals surface area contributed by atoms with Crippen molar-refractivity contribution in [1.82, 2.24) is 24.6 Å². The lowest BCUT2D eigenvalue weighted by Crippen LogP contribution is -2.29. The summed E-state index contributed by atoms with van der Waals surface area (Å²) in [5.74, 6) is 0.817. The van der Waals surface area contributed by atoms with E-state index < -0.39 is 16.1 Å². The molecule has 0 radical (unpaired) electrons. The highest BCUT2D eigenvalue weighted by molar-refractivity contribution is 7.89. The van der Waals surface area contributed by atoms with E-state index in [0.717, 1.165) is 0 Å². The molecule has 0 aliphatic rings. The molecule has 2 aromatic rings. The minimum absolute atomic E-state index is 0.0740. The first-order chi connectivity index (χ1) is 9.74. The summed E-state index contributed by atoms with van der Waals surface area (Å²) < 4.78 is 34.2. The van der Waals surface area contributed by atoms with Crippen LogP contribution in [0.2, 0.25) is 0 Å². The molecule has 21 heavy (non-hydrogen) atoms. The molecule has 116 valence electrons. The summed E-state index contributed by atoms with van der Waals surface area (Å²) in [5.41, 5.74) is 0.331. The summed E-state index contributed by atoms with van der Waals surface area (Å²) >= 11 is 0. The Morgan fingerprint density at radius 1 is 1.29 bits per heavy atom. The lowest BCUT2D eigenvalue weighted by atomic mass is 10.3. The molecular weight excluding hydrogens is 294 g/mol. The highest BCUT2D eigenvalue weighted by Crippen LogP contribution is 2.22. The van der Waals surface area contributed by atoms with Gasteiger partial charge in [0.05, 0.1) is 6.04 Å². The molecule has 0 aliphatic heterocycles. The molecule has 0 spiro atoms. The summed E-state index contributed by atoms with van der Waals surface area (Å²) in [6, 6.07) is -0.380. The predicted octanol–water partition coefficient (Wildman–Crippen LogP) is 1.50. The van der Waals surface area contributed by atoms with Gasteiger partial charge < -0.3 is 9.09 Å². The molecular formula is C12H19N5O3S. The Kier molecular flexibility index (Phi) is 4.15. The van der Waals surface area contributed by atoms with Gasteiger partial charge >= 0.3 is 0 Å². The van der Waals surface area contributed by atoms with E-state index in [0.29, 0.717) is 11.5 Å². The largest absolute Gasteiger partial charge is 0.360 e. The van der Waals surface area contributed by atoms with Crippen LogP contribution in [0.1, 0.15) is 50.1 Å². The van der Waals surface area contributed by atoms with E-state index in [1.54, 1.807) is 27.1 Å². The molecule has 0 saturated heterocycles. The maximum Gasteiger partial charge on any atom is 0.246 e. The number of aryl methyl sites for hydroxylation is 2. The van der Waals surface area contributed by atoms with Crippen LogP contribution in [0.25, 0.3) is 0 Å². The van der Waals surface area contributed by atoms with Crippen LogP contribution < -0.4 is 4.72 Å². The minimum atomic E-state index is -3.73. The molecule has 8 nitrogen and oxygen atoms in total. The second-order valence-corrected chi connectivity index (χ2v) is 6.84. The van der Waals surface area contributed by atoms with Crippen molar-refractivity contribution < 1.29 is 12.9 Å². The van der Waals surface area contributed by atoms with Crippen molar-refractivity contribution in [1.29, 1.82) is 0 Å².